The van der Waals surface area contributed by atoms with Crippen LogP contribution in [-0.2, 0) is 38.5 Å². The number of piperidine rings is 1. The number of ketones is 2. The van der Waals surface area contributed by atoms with Crippen LogP contribution in [0.3, 0.4) is 0 Å². The Labute approximate surface area is 359 Å². The van der Waals surface area contributed by atoms with Crippen molar-refractivity contribution >= 4 is 52.4 Å². The highest BCUT2D eigenvalue weighted by Crippen LogP contribution is 2.30. The molecule has 3 amide bonds. The predicted molar refractivity (Wildman–Crippen MR) is 231 cm³/mol. The minimum Gasteiger partial charge on any atom is -0.445 e. The van der Waals surface area contributed by atoms with E-state index in [-0.39, 0.29) is 50.7 Å². The molecule has 0 aliphatic carbocycles. The van der Waals surface area contributed by atoms with Crippen molar-refractivity contribution in [3.63, 3.8) is 0 Å². The first-order valence-electron chi connectivity index (χ1n) is 21.0. The molecule has 2 aliphatic rings. The van der Waals surface area contributed by atoms with Crippen LogP contribution in [0, 0.1) is 5.92 Å². The van der Waals surface area contributed by atoms with Gasteiger partial charge in [-0.15, -0.1) is 0 Å². The van der Waals surface area contributed by atoms with Crippen LogP contribution in [0.1, 0.15) is 65.9 Å². The number of carbonyl (C=O) groups is 5. The Balaban J connectivity index is 1.17. The molecule has 5 N–H and O–H groups in total. The lowest BCUT2D eigenvalue weighted by atomic mass is 9.88. The van der Waals surface area contributed by atoms with E-state index in [0.29, 0.717) is 41.9 Å². The number of guanidine groups is 1. The number of fused-ring (bicyclic) bond motifs is 1. The van der Waals surface area contributed by atoms with E-state index in [0.717, 1.165) is 30.4 Å². The largest absolute Gasteiger partial charge is 0.445 e. The van der Waals surface area contributed by atoms with Gasteiger partial charge in [0.2, 0.25) is 11.7 Å². The van der Waals surface area contributed by atoms with Crippen LogP contribution < -0.4 is 16.8 Å². The summed E-state index contributed by atoms with van der Waals surface area (Å²) in [5, 5.41) is 2.76. The number of nitrogens with two attached hydrogens (primary N) is 2. The van der Waals surface area contributed by atoms with E-state index >= 15 is 0 Å². The molecular formula is C47H51N7O8. The molecule has 0 spiro atoms. The molecule has 322 valence electrons. The third-order valence-electron chi connectivity index (χ3n) is 11.1. The van der Waals surface area contributed by atoms with Gasteiger partial charge in [0.05, 0.1) is 18.3 Å². The Morgan fingerprint density at radius 3 is 2.26 bits per heavy atom. The Morgan fingerprint density at radius 2 is 1.53 bits per heavy atom. The number of oxazole rings is 1. The fourth-order valence-corrected chi connectivity index (χ4v) is 8.02. The molecule has 0 radical (unpaired) electrons. The van der Waals surface area contributed by atoms with Gasteiger partial charge in [0.15, 0.2) is 17.3 Å². The Kier molecular flexibility index (Phi) is 14.2. The maximum atomic E-state index is 14.8. The van der Waals surface area contributed by atoms with Crippen LogP contribution in [0.15, 0.2) is 119 Å². The SMILES string of the molecule is NC(N)=Nc1cccc(C[C@H](CC(=O)[C@@H]2C[C@@H](OC(=O)N3CCCCC3)CN2C(=O)[C@@H](CCc2ccccc2)NC(=O)OCc2ccccc2)C(=O)c2nc3ccccc3o2)c1. The van der Waals surface area contributed by atoms with E-state index in [1.165, 1.54) is 4.90 Å². The second-order valence-electron chi connectivity index (χ2n) is 15.7. The molecule has 62 heavy (non-hydrogen) atoms. The van der Waals surface area contributed by atoms with Crippen molar-refractivity contribution < 1.29 is 37.9 Å². The summed E-state index contributed by atoms with van der Waals surface area (Å²) in [5.41, 5.74) is 15.0. The Morgan fingerprint density at radius 1 is 0.839 bits per heavy atom. The number of likely N-dealkylation sites (tertiary alicyclic amines) is 2. The molecule has 1 aromatic heterocycles. The van der Waals surface area contributed by atoms with Gasteiger partial charge in [-0.3, -0.25) is 14.4 Å². The fraction of sp³-hybridized carbons (Fsp3) is 0.340. The number of amides is 3. The Hall–Kier alpha value is -7.03. The van der Waals surface area contributed by atoms with Crippen molar-refractivity contribution in [2.75, 3.05) is 19.6 Å². The molecule has 7 rings (SSSR count). The lowest BCUT2D eigenvalue weighted by molar-refractivity contribution is -0.139. The maximum absolute atomic E-state index is 14.8. The van der Waals surface area contributed by atoms with E-state index in [2.05, 4.69) is 15.3 Å². The number of nitrogens with one attached hydrogen (secondary N) is 1. The highest BCUT2D eigenvalue weighted by molar-refractivity contribution is 6.00. The smallest absolute Gasteiger partial charge is 0.410 e. The topological polar surface area (TPSA) is 213 Å². The van der Waals surface area contributed by atoms with Gasteiger partial charge in [-0.25, -0.2) is 19.6 Å². The Bertz CT molecular complexity index is 2340. The molecule has 0 bridgehead atoms. The highest BCUT2D eigenvalue weighted by Gasteiger charge is 2.45. The number of aryl methyl sites for hydroxylation is 1. The van der Waals surface area contributed by atoms with Gasteiger partial charge >= 0.3 is 12.2 Å². The summed E-state index contributed by atoms with van der Waals surface area (Å²) in [6, 6.07) is 30.4. The van der Waals surface area contributed by atoms with Gasteiger partial charge in [0, 0.05) is 31.8 Å². The number of aliphatic imine (C=N–C) groups is 1. The summed E-state index contributed by atoms with van der Waals surface area (Å²) in [4.78, 5) is 82.2. The van der Waals surface area contributed by atoms with Crippen molar-refractivity contribution in [3.8, 4) is 0 Å². The molecule has 3 heterocycles. The summed E-state index contributed by atoms with van der Waals surface area (Å²) < 4.78 is 17.4. The van der Waals surface area contributed by atoms with Crippen LogP contribution in [0.25, 0.3) is 11.1 Å². The van der Waals surface area contributed by atoms with Gasteiger partial charge < -0.3 is 40.5 Å². The van der Waals surface area contributed by atoms with E-state index in [4.69, 9.17) is 25.4 Å². The van der Waals surface area contributed by atoms with E-state index in [1.807, 2.05) is 60.7 Å². The van der Waals surface area contributed by atoms with Gasteiger partial charge in [-0.05, 0) is 79.5 Å². The van der Waals surface area contributed by atoms with Crippen LogP contribution in [0.5, 0.6) is 0 Å². The summed E-state index contributed by atoms with van der Waals surface area (Å²) in [5.74, 6) is -2.76. The molecule has 2 fully saturated rings. The molecule has 0 unspecified atom stereocenters. The monoisotopic (exact) mass is 841 g/mol. The van der Waals surface area contributed by atoms with Gasteiger partial charge in [-0.2, -0.15) is 0 Å². The molecule has 2 saturated heterocycles. The lowest BCUT2D eigenvalue weighted by Gasteiger charge is -2.29. The minimum atomic E-state index is -1.11. The predicted octanol–water partition coefficient (Wildman–Crippen LogP) is 6.25. The first kappa shape index (κ1) is 43.1. The van der Waals surface area contributed by atoms with Gasteiger partial charge in [-0.1, -0.05) is 84.9 Å². The number of Topliss-reactive ketones (excluding diaryl/α,β-unsaturated/α-hetero) is 2. The molecule has 15 heteroatoms. The maximum Gasteiger partial charge on any atom is 0.410 e. The van der Waals surface area contributed by atoms with Crippen molar-refractivity contribution in [3.05, 3.63) is 132 Å². The molecule has 4 atom stereocenters. The van der Waals surface area contributed by atoms with Crippen molar-refractivity contribution in [2.45, 2.75) is 76.2 Å². The third kappa shape index (κ3) is 11.4. The van der Waals surface area contributed by atoms with Gasteiger partial charge in [0.25, 0.3) is 5.89 Å². The number of aromatic nitrogens is 1. The fourth-order valence-electron chi connectivity index (χ4n) is 8.02. The summed E-state index contributed by atoms with van der Waals surface area (Å²) in [6.07, 6.45) is 0.953. The average Bonchev–Trinajstić information content (AvgIpc) is 3.92. The molecular weight excluding hydrogens is 791 g/mol. The molecule has 15 nitrogen and oxygen atoms in total. The quantitative estimate of drug-likeness (QED) is 0.0574. The van der Waals surface area contributed by atoms with Crippen LogP contribution in [0.2, 0.25) is 0 Å². The first-order valence-corrected chi connectivity index (χ1v) is 21.0. The molecule has 0 saturated carbocycles. The van der Waals surface area contributed by atoms with Crippen LogP contribution >= 0.6 is 0 Å². The van der Waals surface area contributed by atoms with Crippen molar-refractivity contribution in [2.24, 2.45) is 22.4 Å². The molecule has 2 aliphatic heterocycles. The highest BCUT2D eigenvalue weighted by atomic mass is 16.6. The number of nitrogens with zero attached hydrogens (tertiary/aromatic N) is 4. The second kappa shape index (κ2) is 20.5. The summed E-state index contributed by atoms with van der Waals surface area (Å²) in [7, 11) is 0. The zero-order valence-electron chi connectivity index (χ0n) is 34.4. The number of alkyl carbamates (subject to hydrolysis) is 1. The van der Waals surface area contributed by atoms with Crippen molar-refractivity contribution in [1.82, 2.24) is 20.1 Å². The van der Waals surface area contributed by atoms with E-state index < -0.39 is 53.8 Å². The number of hydrogen-bond acceptors (Lipinski definition) is 10. The molecule has 4 aromatic carbocycles. The minimum absolute atomic E-state index is 0.00220. The number of carbonyl (C=O) groups excluding carboxylic acids is 5. The zero-order chi connectivity index (χ0) is 43.4. The van der Waals surface area contributed by atoms with Gasteiger partial charge in [0.1, 0.15) is 24.3 Å². The van der Waals surface area contributed by atoms with Crippen LogP contribution in [0.4, 0.5) is 15.3 Å². The van der Waals surface area contributed by atoms with E-state index in [9.17, 15) is 24.0 Å². The number of ether oxygens (including phenoxy) is 2. The van der Waals surface area contributed by atoms with E-state index in [1.54, 1.807) is 53.4 Å². The van der Waals surface area contributed by atoms with Crippen LogP contribution in [-0.4, -0.2) is 88.2 Å². The lowest BCUT2D eigenvalue weighted by Crippen LogP contribution is -2.52. The van der Waals surface area contributed by atoms with Crippen molar-refractivity contribution in [1.29, 1.82) is 0 Å². The summed E-state index contributed by atoms with van der Waals surface area (Å²) in [6.45, 7) is 0.992. The number of benzene rings is 4. The normalized spacial score (nSPS) is 17.2. The average molecular weight is 842 g/mol. The number of rotatable bonds is 16. The third-order valence-corrected chi connectivity index (χ3v) is 11.1. The first-order chi connectivity index (χ1) is 30.1. The second-order valence-corrected chi connectivity index (χ2v) is 15.7. The summed E-state index contributed by atoms with van der Waals surface area (Å²) >= 11 is 0. The standard InChI is InChI=1S/C47H51N7O8/c48-45(49)50-35-18-12-17-33(26-35)25-34(42(56)43-51-37-19-8-9-20-41(37)62-43)27-40(55)39-28-36(61-47(59)53-23-10-3-11-24-53)29-54(39)44(57)38(22-21-31-13-4-1-5-14-31)52-46(58)60-30-32-15-6-2-7-16-32/h1-2,4-9,12-20,26,34,36,38-39H,3,10-11,21-25,27-30H2,(H,52,58)(H4,48,49,50)/t34-,36-,38-,39+/m1/s1. The molecule has 5 aromatic rings. The number of hydrogen-bond donors (Lipinski definition) is 3. The number of para-hydroxylation sites is 2. The zero-order valence-corrected chi connectivity index (χ0v) is 34.4.